The van der Waals surface area contributed by atoms with Crippen molar-refractivity contribution in [1.82, 2.24) is 10.2 Å². The highest BCUT2D eigenvalue weighted by atomic mass is 32.2. The van der Waals surface area contributed by atoms with Crippen LogP contribution in [0.3, 0.4) is 0 Å². The number of carbonyl (C=O) groups excluding carboxylic acids is 2. The lowest BCUT2D eigenvalue weighted by Gasteiger charge is -2.34. The van der Waals surface area contributed by atoms with Gasteiger partial charge in [-0.05, 0) is 68.7 Å². The molecule has 44 heavy (non-hydrogen) atoms. The Balaban J connectivity index is 1.91. The Labute approximate surface area is 255 Å². The van der Waals surface area contributed by atoms with Gasteiger partial charge in [-0.2, -0.15) is 13.2 Å². The lowest BCUT2D eigenvalue weighted by atomic mass is 10.00. The maximum absolute atomic E-state index is 13.8. The molecule has 12 heteroatoms. The molecular weight excluding hydrogens is 598 g/mol. The number of hydrogen-bond donors (Lipinski definition) is 1. The molecule has 0 saturated heterocycles. The zero-order chi connectivity index (χ0) is 32.7. The van der Waals surface area contributed by atoms with Gasteiger partial charge in [0, 0.05) is 31.5 Å². The first kappa shape index (κ1) is 34.6. The van der Waals surface area contributed by atoms with Crippen molar-refractivity contribution in [3.8, 4) is 0 Å². The number of nitrogens with one attached hydrogen (secondary N) is 1. The molecule has 0 radical (unpaired) electrons. The summed E-state index contributed by atoms with van der Waals surface area (Å²) in [5.41, 5.74) is -0.421. The summed E-state index contributed by atoms with van der Waals surface area (Å²) in [7, 11) is -4.00. The molecule has 0 aromatic heterocycles. The molecule has 7 nitrogen and oxygen atoms in total. The first-order valence-electron chi connectivity index (χ1n) is 14.0. The summed E-state index contributed by atoms with van der Waals surface area (Å²) >= 11 is 0. The fourth-order valence-electron chi connectivity index (χ4n) is 4.63. The highest BCUT2D eigenvalue weighted by molar-refractivity contribution is 7.92. The molecule has 0 bridgehead atoms. The van der Waals surface area contributed by atoms with Gasteiger partial charge in [0.2, 0.25) is 21.8 Å². The lowest BCUT2D eigenvalue weighted by molar-refractivity contribution is -0.142. The van der Waals surface area contributed by atoms with E-state index in [4.69, 9.17) is 0 Å². The van der Waals surface area contributed by atoms with Gasteiger partial charge in [-0.15, -0.1) is 0 Å². The third-order valence-electron chi connectivity index (χ3n) is 6.65. The molecule has 0 unspecified atom stereocenters. The molecule has 238 valence electrons. The maximum atomic E-state index is 13.8. The number of anilines is 1. The Morgan fingerprint density at radius 2 is 1.52 bits per heavy atom. The molecule has 0 saturated carbocycles. The van der Waals surface area contributed by atoms with Crippen molar-refractivity contribution in [3.63, 3.8) is 0 Å². The molecule has 3 rings (SSSR count). The Kier molecular flexibility index (Phi) is 11.2. The van der Waals surface area contributed by atoms with E-state index in [-0.39, 0.29) is 38.0 Å². The van der Waals surface area contributed by atoms with Crippen molar-refractivity contribution in [1.29, 1.82) is 0 Å². The molecule has 0 aliphatic rings. The average molecular weight is 636 g/mol. The van der Waals surface area contributed by atoms with Gasteiger partial charge < -0.3 is 10.2 Å². The summed E-state index contributed by atoms with van der Waals surface area (Å²) < 4.78 is 79.5. The predicted octanol–water partition coefficient (Wildman–Crippen LogP) is 5.95. The average Bonchev–Trinajstić information content (AvgIpc) is 2.92. The molecular formula is C32H37F4N3O4S. The number of rotatable bonds is 12. The van der Waals surface area contributed by atoms with Crippen LogP contribution in [-0.2, 0) is 38.8 Å². The van der Waals surface area contributed by atoms with Crippen molar-refractivity contribution >= 4 is 27.5 Å². The van der Waals surface area contributed by atoms with Gasteiger partial charge >= 0.3 is 6.18 Å². The number of hydrogen-bond acceptors (Lipinski definition) is 4. The van der Waals surface area contributed by atoms with E-state index in [0.29, 0.717) is 5.56 Å². The van der Waals surface area contributed by atoms with Gasteiger partial charge in [0.15, 0.2) is 0 Å². The zero-order valence-corrected chi connectivity index (χ0v) is 25.9. The lowest BCUT2D eigenvalue weighted by Crippen LogP contribution is -2.54. The highest BCUT2D eigenvalue weighted by Crippen LogP contribution is 2.32. The normalized spacial score (nSPS) is 12.8. The number of benzene rings is 3. The van der Waals surface area contributed by atoms with Gasteiger partial charge in [-0.3, -0.25) is 13.9 Å². The Hall–Kier alpha value is -3.93. The topological polar surface area (TPSA) is 86.8 Å². The Bertz CT molecular complexity index is 1520. The molecule has 1 N–H and O–H groups in total. The fourth-order valence-corrected chi connectivity index (χ4v) is 5.59. The van der Waals surface area contributed by atoms with Crippen LogP contribution in [0.25, 0.3) is 0 Å². The molecule has 1 atom stereocenters. The summed E-state index contributed by atoms with van der Waals surface area (Å²) in [6.45, 7) is 5.13. The largest absolute Gasteiger partial charge is 0.416 e. The van der Waals surface area contributed by atoms with Crippen LogP contribution in [0.15, 0.2) is 78.9 Å². The van der Waals surface area contributed by atoms with Gasteiger partial charge in [0.05, 0.1) is 17.5 Å². The van der Waals surface area contributed by atoms with E-state index in [1.54, 1.807) is 0 Å². The SMILES string of the molecule is CC(C)(C)NC(=O)[C@@H](Cc1ccccc1)N(Cc1ccc(F)cc1)C(=O)CCCN(c1cccc(C(F)(F)F)c1)S(C)(=O)=O. The minimum absolute atomic E-state index is 0.0302. The first-order chi connectivity index (χ1) is 20.4. The van der Waals surface area contributed by atoms with E-state index < -0.39 is 51.0 Å². The number of halogens is 4. The second-order valence-corrected chi connectivity index (χ2v) is 13.5. The molecule has 0 spiro atoms. The zero-order valence-electron chi connectivity index (χ0n) is 25.1. The van der Waals surface area contributed by atoms with Crippen molar-refractivity contribution in [2.75, 3.05) is 17.1 Å². The fraction of sp³-hybridized carbons (Fsp3) is 0.375. The van der Waals surface area contributed by atoms with Crippen LogP contribution >= 0.6 is 0 Å². The van der Waals surface area contributed by atoms with Crippen LogP contribution < -0.4 is 9.62 Å². The molecule has 3 aromatic carbocycles. The van der Waals surface area contributed by atoms with E-state index in [0.717, 1.165) is 34.3 Å². The van der Waals surface area contributed by atoms with Crippen LogP contribution in [0.2, 0.25) is 0 Å². The van der Waals surface area contributed by atoms with Crippen LogP contribution in [0.4, 0.5) is 23.2 Å². The monoisotopic (exact) mass is 635 g/mol. The third kappa shape index (κ3) is 10.4. The van der Waals surface area contributed by atoms with Crippen molar-refractivity contribution in [2.45, 2.75) is 64.3 Å². The number of alkyl halides is 3. The smallest absolute Gasteiger partial charge is 0.350 e. The van der Waals surface area contributed by atoms with E-state index >= 15 is 0 Å². The van der Waals surface area contributed by atoms with Gasteiger partial charge in [0.1, 0.15) is 11.9 Å². The van der Waals surface area contributed by atoms with Gasteiger partial charge in [0.25, 0.3) is 0 Å². The van der Waals surface area contributed by atoms with E-state index in [1.807, 2.05) is 51.1 Å². The highest BCUT2D eigenvalue weighted by Gasteiger charge is 2.33. The van der Waals surface area contributed by atoms with Crippen molar-refractivity contribution in [2.24, 2.45) is 0 Å². The van der Waals surface area contributed by atoms with Gasteiger partial charge in [-0.25, -0.2) is 12.8 Å². The van der Waals surface area contributed by atoms with Crippen molar-refractivity contribution in [3.05, 3.63) is 101 Å². The molecule has 2 amide bonds. The number of nitrogens with zero attached hydrogens (tertiary/aromatic N) is 2. The summed E-state index contributed by atoms with van der Waals surface area (Å²) in [5.74, 6) is -1.34. The van der Waals surface area contributed by atoms with E-state index in [2.05, 4.69) is 5.32 Å². The summed E-state index contributed by atoms with van der Waals surface area (Å²) in [5, 5.41) is 2.93. The molecule has 0 aliphatic heterocycles. The van der Waals surface area contributed by atoms with Crippen molar-refractivity contribution < 1.29 is 35.6 Å². The summed E-state index contributed by atoms with van der Waals surface area (Å²) in [6, 6.07) is 17.6. The molecule has 0 fully saturated rings. The minimum atomic E-state index is -4.67. The molecule has 0 heterocycles. The van der Waals surface area contributed by atoms with Crippen LogP contribution in [0.1, 0.15) is 50.3 Å². The van der Waals surface area contributed by atoms with Crippen LogP contribution in [0.5, 0.6) is 0 Å². The second kappa shape index (κ2) is 14.2. The van der Waals surface area contributed by atoms with Crippen LogP contribution in [0, 0.1) is 5.82 Å². The molecule has 3 aromatic rings. The summed E-state index contributed by atoms with van der Waals surface area (Å²) in [6.07, 6.45) is -3.86. The van der Waals surface area contributed by atoms with E-state index in [9.17, 15) is 35.6 Å². The number of carbonyl (C=O) groups is 2. The standard InChI is InChI=1S/C32H37F4N3O4S/c1-31(2,3)37-30(41)28(20-23-10-6-5-7-11-23)38(22-24-15-17-26(33)18-16-24)29(40)14-9-19-39(44(4,42)43)27-13-8-12-25(21-27)32(34,35)36/h5-8,10-13,15-18,21,28H,9,14,19-20,22H2,1-4H3,(H,37,41)/t28-/m1/s1. The quantitative estimate of drug-likeness (QED) is 0.250. The number of amides is 2. The minimum Gasteiger partial charge on any atom is -0.350 e. The molecule has 0 aliphatic carbocycles. The van der Waals surface area contributed by atoms with E-state index in [1.165, 1.54) is 35.2 Å². The summed E-state index contributed by atoms with van der Waals surface area (Å²) in [4.78, 5) is 28.8. The first-order valence-corrected chi connectivity index (χ1v) is 15.8. The maximum Gasteiger partial charge on any atom is 0.416 e. The second-order valence-electron chi connectivity index (χ2n) is 11.6. The Morgan fingerprint density at radius 1 is 0.886 bits per heavy atom. The third-order valence-corrected chi connectivity index (χ3v) is 7.84. The predicted molar refractivity (Wildman–Crippen MR) is 162 cm³/mol. The Morgan fingerprint density at radius 3 is 2.09 bits per heavy atom. The number of sulfonamides is 1. The van der Waals surface area contributed by atoms with Gasteiger partial charge in [-0.1, -0.05) is 48.5 Å². The van der Waals surface area contributed by atoms with Crippen LogP contribution in [-0.4, -0.2) is 49.5 Å².